The van der Waals surface area contributed by atoms with Gasteiger partial charge >= 0.3 is 0 Å². The average molecular weight is 332 g/mol. The molecular formula is C20H32N2O2. The van der Waals surface area contributed by atoms with Crippen molar-refractivity contribution in [3.63, 3.8) is 0 Å². The summed E-state index contributed by atoms with van der Waals surface area (Å²) in [5, 5.41) is 3.26. The van der Waals surface area contributed by atoms with Gasteiger partial charge in [0.1, 0.15) is 5.75 Å². The van der Waals surface area contributed by atoms with Crippen molar-refractivity contribution in [2.24, 2.45) is 0 Å². The van der Waals surface area contributed by atoms with Gasteiger partial charge in [-0.15, -0.1) is 0 Å². The monoisotopic (exact) mass is 332 g/mol. The Labute approximate surface area is 147 Å². The summed E-state index contributed by atoms with van der Waals surface area (Å²) in [5.41, 5.74) is 8.36. The molecule has 0 amide bonds. The fourth-order valence-corrected chi connectivity index (χ4v) is 1.52. The number of nitrogens with one attached hydrogen (secondary N) is 1. The van der Waals surface area contributed by atoms with Crippen molar-refractivity contribution in [1.29, 1.82) is 0 Å². The van der Waals surface area contributed by atoms with Gasteiger partial charge in [0.05, 0.1) is 18.4 Å². The van der Waals surface area contributed by atoms with Crippen LogP contribution in [0.2, 0.25) is 0 Å². The van der Waals surface area contributed by atoms with E-state index in [4.69, 9.17) is 15.2 Å². The maximum absolute atomic E-state index is 5.71. The van der Waals surface area contributed by atoms with Crippen molar-refractivity contribution in [2.75, 3.05) is 25.3 Å². The van der Waals surface area contributed by atoms with Crippen molar-refractivity contribution in [3.05, 3.63) is 48.5 Å². The Morgan fingerprint density at radius 2 is 1.50 bits per heavy atom. The number of rotatable bonds is 3. The molecule has 3 N–H and O–H groups in total. The fourth-order valence-electron chi connectivity index (χ4n) is 1.52. The molecule has 0 saturated carbocycles. The largest absolute Gasteiger partial charge is 0.495 e. The van der Waals surface area contributed by atoms with Crippen LogP contribution < -0.4 is 15.8 Å². The first kappa shape index (κ1) is 21.8. The lowest BCUT2D eigenvalue weighted by Gasteiger charge is -2.14. The van der Waals surface area contributed by atoms with Crippen LogP contribution in [0.1, 0.15) is 34.6 Å². The molecule has 4 nitrogen and oxygen atoms in total. The SMILES string of the molecule is CC.COC(C)(C)C.COc1ccccc1Nc1cccc(N)c1. The quantitative estimate of drug-likeness (QED) is 0.731. The van der Waals surface area contributed by atoms with Gasteiger partial charge in [0.2, 0.25) is 0 Å². The van der Waals surface area contributed by atoms with Gasteiger partial charge in [-0.2, -0.15) is 0 Å². The zero-order chi connectivity index (χ0) is 18.6. The van der Waals surface area contributed by atoms with E-state index < -0.39 is 0 Å². The maximum Gasteiger partial charge on any atom is 0.142 e. The third kappa shape index (κ3) is 9.06. The molecule has 24 heavy (non-hydrogen) atoms. The van der Waals surface area contributed by atoms with Gasteiger partial charge in [0, 0.05) is 18.5 Å². The van der Waals surface area contributed by atoms with Crippen molar-refractivity contribution >= 4 is 17.1 Å². The van der Waals surface area contributed by atoms with Crippen LogP contribution in [0, 0.1) is 0 Å². The summed E-state index contributed by atoms with van der Waals surface area (Å²) in [6.07, 6.45) is 0. The number of ether oxygens (including phenoxy) is 2. The molecule has 0 unspecified atom stereocenters. The zero-order valence-electron chi connectivity index (χ0n) is 16.0. The van der Waals surface area contributed by atoms with Gasteiger partial charge in [-0.05, 0) is 51.1 Å². The molecule has 0 saturated heterocycles. The second-order valence-electron chi connectivity index (χ2n) is 5.77. The average Bonchev–Trinajstić information content (AvgIpc) is 2.57. The predicted molar refractivity (Wildman–Crippen MR) is 105 cm³/mol. The zero-order valence-corrected chi connectivity index (χ0v) is 16.0. The molecular weight excluding hydrogens is 300 g/mol. The van der Waals surface area contributed by atoms with Gasteiger partial charge in [0.15, 0.2) is 0 Å². The number of methoxy groups -OCH3 is 2. The summed E-state index contributed by atoms with van der Waals surface area (Å²) in [6.45, 7) is 10.1. The third-order valence-electron chi connectivity index (χ3n) is 2.88. The van der Waals surface area contributed by atoms with E-state index in [0.717, 1.165) is 22.8 Å². The Morgan fingerprint density at radius 1 is 0.917 bits per heavy atom. The first-order valence-corrected chi connectivity index (χ1v) is 8.16. The molecule has 4 heteroatoms. The van der Waals surface area contributed by atoms with E-state index in [-0.39, 0.29) is 5.60 Å². The Hall–Kier alpha value is -2.20. The number of nitrogen functional groups attached to an aromatic ring is 1. The van der Waals surface area contributed by atoms with Gasteiger partial charge in [-0.3, -0.25) is 0 Å². The third-order valence-corrected chi connectivity index (χ3v) is 2.88. The Balaban J connectivity index is 0.000000563. The molecule has 0 radical (unpaired) electrons. The van der Waals surface area contributed by atoms with E-state index in [1.165, 1.54) is 0 Å². The smallest absolute Gasteiger partial charge is 0.142 e. The normalized spacial score (nSPS) is 9.79. The highest BCUT2D eigenvalue weighted by molar-refractivity contribution is 5.68. The molecule has 0 bridgehead atoms. The van der Waals surface area contributed by atoms with E-state index in [9.17, 15) is 0 Å². The Morgan fingerprint density at radius 3 is 2.00 bits per heavy atom. The highest BCUT2D eigenvalue weighted by atomic mass is 16.5. The van der Waals surface area contributed by atoms with Crippen LogP contribution in [0.3, 0.4) is 0 Å². The Kier molecular flexibility index (Phi) is 10.3. The molecule has 134 valence electrons. The molecule has 0 spiro atoms. The van der Waals surface area contributed by atoms with Crippen LogP contribution in [-0.2, 0) is 4.74 Å². The number of benzene rings is 2. The molecule has 0 heterocycles. The lowest BCUT2D eigenvalue weighted by Crippen LogP contribution is -2.15. The minimum absolute atomic E-state index is 0.0417. The second-order valence-corrected chi connectivity index (χ2v) is 5.77. The number of hydrogen-bond donors (Lipinski definition) is 2. The molecule has 2 rings (SSSR count). The van der Waals surface area contributed by atoms with Gasteiger partial charge < -0.3 is 20.5 Å². The minimum Gasteiger partial charge on any atom is -0.495 e. The lowest BCUT2D eigenvalue weighted by molar-refractivity contribution is 0.0397. The number of hydrogen-bond acceptors (Lipinski definition) is 4. The fraction of sp³-hybridized carbons (Fsp3) is 0.400. The highest BCUT2D eigenvalue weighted by Crippen LogP contribution is 2.27. The van der Waals surface area contributed by atoms with Crippen molar-refractivity contribution in [3.8, 4) is 5.75 Å². The van der Waals surface area contributed by atoms with Crippen molar-refractivity contribution in [1.82, 2.24) is 0 Å². The Bertz CT molecular complexity index is 578. The molecule has 0 atom stereocenters. The first-order valence-electron chi connectivity index (χ1n) is 8.16. The van der Waals surface area contributed by atoms with Crippen molar-refractivity contribution in [2.45, 2.75) is 40.2 Å². The molecule has 0 fully saturated rings. The molecule has 0 aliphatic carbocycles. The van der Waals surface area contributed by atoms with E-state index in [1.54, 1.807) is 14.2 Å². The van der Waals surface area contributed by atoms with Crippen LogP contribution in [-0.4, -0.2) is 19.8 Å². The van der Waals surface area contributed by atoms with Crippen molar-refractivity contribution < 1.29 is 9.47 Å². The van der Waals surface area contributed by atoms with E-state index in [1.807, 2.05) is 83.1 Å². The molecule has 2 aromatic rings. The highest BCUT2D eigenvalue weighted by Gasteiger charge is 2.04. The number of anilines is 3. The van der Waals surface area contributed by atoms with E-state index in [2.05, 4.69) is 5.32 Å². The standard InChI is InChI=1S/C13H14N2O.C5H12O.C2H6/c1-16-13-8-3-2-7-12(13)15-11-6-4-5-10(14)9-11;1-5(2,3)6-4;1-2/h2-9,15H,14H2,1H3;1-4H3;1-2H3. The molecule has 2 aromatic carbocycles. The van der Waals surface area contributed by atoms with E-state index in [0.29, 0.717) is 0 Å². The van der Waals surface area contributed by atoms with Gasteiger partial charge in [-0.25, -0.2) is 0 Å². The van der Waals surface area contributed by atoms with Crippen LogP contribution in [0.25, 0.3) is 0 Å². The lowest BCUT2D eigenvalue weighted by atomic mass is 10.2. The van der Waals surface area contributed by atoms with Gasteiger partial charge in [0.25, 0.3) is 0 Å². The predicted octanol–water partition coefficient (Wildman–Crippen LogP) is 5.48. The summed E-state index contributed by atoms with van der Waals surface area (Å²) >= 11 is 0. The maximum atomic E-state index is 5.71. The first-order chi connectivity index (χ1) is 11.4. The number of para-hydroxylation sites is 2. The summed E-state index contributed by atoms with van der Waals surface area (Å²) in [6, 6.07) is 15.4. The van der Waals surface area contributed by atoms with Crippen LogP contribution >= 0.6 is 0 Å². The molecule has 0 aliphatic heterocycles. The topological polar surface area (TPSA) is 56.5 Å². The van der Waals surface area contributed by atoms with Crippen LogP contribution in [0.15, 0.2) is 48.5 Å². The number of nitrogens with two attached hydrogens (primary N) is 1. The minimum atomic E-state index is 0.0417. The summed E-state index contributed by atoms with van der Waals surface area (Å²) in [7, 11) is 3.36. The summed E-state index contributed by atoms with van der Waals surface area (Å²) in [4.78, 5) is 0. The second kappa shape index (κ2) is 11.4. The molecule has 0 aromatic heterocycles. The van der Waals surface area contributed by atoms with Gasteiger partial charge in [-0.1, -0.05) is 32.0 Å². The summed E-state index contributed by atoms with van der Waals surface area (Å²) < 4.78 is 10.2. The van der Waals surface area contributed by atoms with Crippen LogP contribution in [0.5, 0.6) is 5.75 Å². The summed E-state index contributed by atoms with van der Waals surface area (Å²) in [5.74, 6) is 0.810. The van der Waals surface area contributed by atoms with E-state index >= 15 is 0 Å². The van der Waals surface area contributed by atoms with Crippen LogP contribution in [0.4, 0.5) is 17.1 Å². The molecule has 0 aliphatic rings.